The van der Waals surface area contributed by atoms with E-state index in [4.69, 9.17) is 10.5 Å². The molecule has 0 aromatic rings. The van der Waals surface area contributed by atoms with Crippen molar-refractivity contribution in [1.29, 1.82) is 0 Å². The van der Waals surface area contributed by atoms with Crippen LogP contribution in [0.15, 0.2) is 0 Å². The molecule has 22 heavy (non-hydrogen) atoms. The van der Waals surface area contributed by atoms with Gasteiger partial charge in [0.2, 0.25) is 5.91 Å². The summed E-state index contributed by atoms with van der Waals surface area (Å²) in [4.78, 5) is 13.6. The molecule has 0 radical (unpaired) electrons. The zero-order chi connectivity index (χ0) is 16.3. The zero-order valence-corrected chi connectivity index (χ0v) is 14.2. The second-order valence-electron chi connectivity index (χ2n) is 7.46. The smallest absolute Gasteiger partial charge is 0.219 e. The molecule has 5 heteroatoms. The number of nitrogens with two attached hydrogens (primary N) is 1. The summed E-state index contributed by atoms with van der Waals surface area (Å²) in [5.74, 6) is 0.213. The van der Waals surface area contributed by atoms with Crippen LogP contribution in [0.5, 0.6) is 0 Å². The molecule has 1 amide bonds. The highest BCUT2D eigenvalue weighted by molar-refractivity contribution is 5.73. The Kier molecular flexibility index (Phi) is 5.83. The number of likely N-dealkylation sites (tertiary alicyclic amines) is 1. The minimum Gasteiger partial charge on any atom is -0.376 e. The summed E-state index contributed by atoms with van der Waals surface area (Å²) in [7, 11) is 0. The van der Waals surface area contributed by atoms with Gasteiger partial charge in [-0.1, -0.05) is 0 Å². The van der Waals surface area contributed by atoms with Crippen LogP contribution in [0.2, 0.25) is 0 Å². The summed E-state index contributed by atoms with van der Waals surface area (Å²) in [6.07, 6.45) is 5.65. The molecule has 0 unspecified atom stereocenters. The van der Waals surface area contributed by atoms with Crippen molar-refractivity contribution in [1.82, 2.24) is 4.90 Å². The van der Waals surface area contributed by atoms with Crippen LogP contribution in [0, 0.1) is 5.92 Å². The van der Waals surface area contributed by atoms with Gasteiger partial charge < -0.3 is 15.4 Å². The number of nitrogens with zero attached hydrogens (tertiary/aromatic N) is 1. The Morgan fingerprint density at radius 1 is 1.27 bits per heavy atom. The number of alkyl halides is 1. The first-order valence-corrected chi connectivity index (χ1v) is 8.62. The highest BCUT2D eigenvalue weighted by Gasteiger charge is 2.35. The molecule has 2 fully saturated rings. The fraction of sp³-hybridized carbons (Fsp3) is 0.941. The molecular weight excluding hydrogens is 283 g/mol. The van der Waals surface area contributed by atoms with E-state index in [1.54, 1.807) is 20.8 Å². The minimum absolute atomic E-state index is 0.00114. The second kappa shape index (κ2) is 7.26. The van der Waals surface area contributed by atoms with Crippen molar-refractivity contribution in [3.8, 4) is 0 Å². The van der Waals surface area contributed by atoms with Crippen molar-refractivity contribution in [2.24, 2.45) is 11.7 Å². The third-order valence-electron chi connectivity index (χ3n) is 5.38. The van der Waals surface area contributed by atoms with E-state index in [0.29, 0.717) is 6.61 Å². The van der Waals surface area contributed by atoms with Crippen molar-refractivity contribution < 1.29 is 13.9 Å². The molecule has 2 rings (SSSR count). The van der Waals surface area contributed by atoms with Gasteiger partial charge in [0, 0.05) is 19.5 Å². The number of carbonyl (C=O) groups excluding carboxylic acids is 1. The molecule has 2 atom stereocenters. The average Bonchev–Trinajstić information content (AvgIpc) is 2.45. The average molecular weight is 314 g/mol. The third-order valence-corrected chi connectivity index (χ3v) is 5.38. The minimum atomic E-state index is -1.10. The molecule has 1 aliphatic carbocycles. The number of rotatable bonds is 4. The predicted molar refractivity (Wildman–Crippen MR) is 85.3 cm³/mol. The van der Waals surface area contributed by atoms with Crippen LogP contribution >= 0.6 is 0 Å². The maximum atomic E-state index is 14.0. The van der Waals surface area contributed by atoms with Crippen LogP contribution in [0.4, 0.5) is 4.39 Å². The predicted octanol–water partition coefficient (Wildman–Crippen LogP) is 2.65. The van der Waals surface area contributed by atoms with Crippen molar-refractivity contribution in [2.75, 3.05) is 13.2 Å². The summed E-state index contributed by atoms with van der Waals surface area (Å²) in [5.41, 5.74) is 5.08. The van der Waals surface area contributed by atoms with Gasteiger partial charge in [0.25, 0.3) is 0 Å². The molecule has 0 bridgehead atoms. The van der Waals surface area contributed by atoms with Crippen LogP contribution in [-0.2, 0) is 9.53 Å². The van der Waals surface area contributed by atoms with E-state index in [-0.39, 0.29) is 30.0 Å². The quantitative estimate of drug-likeness (QED) is 0.868. The lowest BCUT2D eigenvalue weighted by atomic mass is 9.79. The van der Waals surface area contributed by atoms with Crippen LogP contribution in [-0.4, -0.2) is 47.8 Å². The summed E-state index contributed by atoms with van der Waals surface area (Å²) in [6.45, 7) is 6.23. The fourth-order valence-electron chi connectivity index (χ4n) is 3.84. The first-order chi connectivity index (χ1) is 10.3. The van der Waals surface area contributed by atoms with E-state index in [9.17, 15) is 9.18 Å². The van der Waals surface area contributed by atoms with Gasteiger partial charge in [0.1, 0.15) is 5.67 Å². The number of hydrogen-bond donors (Lipinski definition) is 1. The molecule has 4 nitrogen and oxygen atoms in total. The van der Waals surface area contributed by atoms with E-state index < -0.39 is 5.67 Å². The number of piperidine rings is 1. The van der Waals surface area contributed by atoms with Crippen molar-refractivity contribution >= 4 is 5.91 Å². The maximum Gasteiger partial charge on any atom is 0.219 e. The summed E-state index contributed by atoms with van der Waals surface area (Å²) in [5, 5.41) is 0. The highest BCUT2D eigenvalue weighted by Crippen LogP contribution is 2.36. The Balaban J connectivity index is 1.81. The number of hydrogen-bond acceptors (Lipinski definition) is 3. The molecule has 1 aliphatic heterocycles. The van der Waals surface area contributed by atoms with Crippen molar-refractivity contribution in [2.45, 2.75) is 83.2 Å². The topological polar surface area (TPSA) is 55.6 Å². The molecule has 1 saturated carbocycles. The molecule has 0 aromatic heterocycles. The molecule has 0 spiro atoms. The molecular formula is C17H31FN2O2. The first kappa shape index (κ1) is 17.7. The Morgan fingerprint density at radius 2 is 1.91 bits per heavy atom. The lowest BCUT2D eigenvalue weighted by Gasteiger charge is -2.40. The monoisotopic (exact) mass is 314 g/mol. The Hall–Kier alpha value is -0.680. The Morgan fingerprint density at radius 3 is 2.45 bits per heavy atom. The van der Waals surface area contributed by atoms with Gasteiger partial charge in [-0.2, -0.15) is 0 Å². The Labute approximate surface area is 133 Å². The highest BCUT2D eigenvalue weighted by atomic mass is 19.1. The van der Waals surface area contributed by atoms with Crippen molar-refractivity contribution in [3.63, 3.8) is 0 Å². The van der Waals surface area contributed by atoms with Gasteiger partial charge in [-0.3, -0.25) is 4.79 Å². The van der Waals surface area contributed by atoms with Gasteiger partial charge in [0.05, 0.1) is 18.8 Å². The number of amides is 1. The first-order valence-electron chi connectivity index (χ1n) is 8.62. The molecule has 1 heterocycles. The van der Waals surface area contributed by atoms with Crippen LogP contribution in [0.3, 0.4) is 0 Å². The number of halogens is 1. The molecule has 2 aliphatic rings. The number of carbonyl (C=O) groups is 1. The van der Waals surface area contributed by atoms with Gasteiger partial charge in [-0.15, -0.1) is 0 Å². The van der Waals surface area contributed by atoms with E-state index in [2.05, 4.69) is 0 Å². The zero-order valence-electron chi connectivity index (χ0n) is 14.2. The number of ether oxygens (including phenoxy) is 1. The SMILES string of the molecule is CC(=O)N1CCC[C@H](N)[C@@H]1COC1CCC(C(C)(C)F)CC1. The van der Waals surface area contributed by atoms with Gasteiger partial charge >= 0.3 is 0 Å². The van der Waals surface area contributed by atoms with E-state index in [1.165, 1.54) is 0 Å². The lowest BCUT2D eigenvalue weighted by Crippen LogP contribution is -2.56. The molecule has 0 aromatic carbocycles. The largest absolute Gasteiger partial charge is 0.376 e. The van der Waals surface area contributed by atoms with Crippen LogP contribution < -0.4 is 5.73 Å². The molecule has 2 N–H and O–H groups in total. The van der Waals surface area contributed by atoms with Gasteiger partial charge in [-0.25, -0.2) is 4.39 Å². The van der Waals surface area contributed by atoms with Gasteiger partial charge in [0.15, 0.2) is 0 Å². The molecule has 128 valence electrons. The second-order valence-corrected chi connectivity index (χ2v) is 7.46. The third kappa shape index (κ3) is 4.42. The summed E-state index contributed by atoms with van der Waals surface area (Å²) < 4.78 is 20.0. The lowest BCUT2D eigenvalue weighted by molar-refractivity contribution is -0.136. The van der Waals surface area contributed by atoms with E-state index in [1.807, 2.05) is 4.90 Å². The summed E-state index contributed by atoms with van der Waals surface area (Å²) in [6, 6.07) is -0.0136. The fourth-order valence-corrected chi connectivity index (χ4v) is 3.84. The van der Waals surface area contributed by atoms with Crippen molar-refractivity contribution in [3.05, 3.63) is 0 Å². The Bertz CT molecular complexity index is 375. The normalized spacial score (nSPS) is 33.8. The maximum absolute atomic E-state index is 14.0. The van der Waals surface area contributed by atoms with E-state index >= 15 is 0 Å². The van der Waals surface area contributed by atoms with Gasteiger partial charge in [-0.05, 0) is 58.3 Å². The standard InChI is InChI=1S/C17H31FN2O2/c1-12(21)20-10-4-5-15(19)16(20)11-22-14-8-6-13(7-9-14)17(2,3)18/h13-16H,4-11,19H2,1-3H3/t13?,14?,15-,16-/m0/s1. The van der Waals surface area contributed by atoms with E-state index in [0.717, 1.165) is 45.1 Å². The van der Waals surface area contributed by atoms with Crippen LogP contribution in [0.25, 0.3) is 0 Å². The van der Waals surface area contributed by atoms with Crippen LogP contribution in [0.1, 0.15) is 59.3 Å². The molecule has 1 saturated heterocycles. The summed E-state index contributed by atoms with van der Waals surface area (Å²) >= 11 is 0.